The van der Waals surface area contributed by atoms with Crippen molar-refractivity contribution >= 4 is 17.4 Å². The minimum absolute atomic E-state index is 0.0794. The van der Waals surface area contributed by atoms with Gasteiger partial charge in [-0.2, -0.15) is 13.2 Å². The number of halogens is 3. The van der Waals surface area contributed by atoms with Crippen LogP contribution in [0.3, 0.4) is 0 Å². The van der Waals surface area contributed by atoms with Crippen LogP contribution in [0.4, 0.5) is 24.7 Å². The number of hydrogen-bond donors (Lipinski definition) is 2. The van der Waals surface area contributed by atoms with Gasteiger partial charge in [0.05, 0.1) is 6.61 Å². The summed E-state index contributed by atoms with van der Waals surface area (Å²) in [7, 11) is 0. The van der Waals surface area contributed by atoms with Crippen LogP contribution in [0.5, 0.6) is 0 Å². The average Bonchev–Trinajstić information content (AvgIpc) is 2.77. The Hall–Kier alpha value is -3.08. The van der Waals surface area contributed by atoms with E-state index in [0.29, 0.717) is 24.9 Å². The Balaban J connectivity index is 2.35. The smallest absolute Gasteiger partial charge is 0.383 e. The second-order valence-corrected chi connectivity index (χ2v) is 7.97. The van der Waals surface area contributed by atoms with Crippen LogP contribution in [0.1, 0.15) is 61.9 Å². The summed E-state index contributed by atoms with van der Waals surface area (Å²) in [5, 5.41) is 0. The molecule has 2 rings (SSSR count). The van der Waals surface area contributed by atoms with Crippen LogP contribution in [0, 0.1) is 0 Å². The topological polar surface area (TPSA) is 110 Å². The molecule has 0 aliphatic carbocycles. The number of amides is 1. The molecule has 0 saturated heterocycles. The maximum atomic E-state index is 13.4. The van der Waals surface area contributed by atoms with Gasteiger partial charge >= 0.3 is 11.9 Å². The van der Waals surface area contributed by atoms with Crippen LogP contribution >= 0.6 is 0 Å². The van der Waals surface area contributed by atoms with Crippen molar-refractivity contribution in [3.63, 3.8) is 0 Å². The van der Waals surface area contributed by atoms with Gasteiger partial charge in [-0.3, -0.25) is 19.1 Å². The maximum absolute atomic E-state index is 13.4. The lowest BCUT2D eigenvalue weighted by atomic mass is 10.1. The predicted octanol–water partition coefficient (Wildman–Crippen LogP) is 3.83. The van der Waals surface area contributed by atoms with Crippen molar-refractivity contribution in [2.75, 3.05) is 23.8 Å². The fourth-order valence-corrected chi connectivity index (χ4v) is 3.40. The number of anilines is 2. The monoisotopic (exact) mass is 484 g/mol. The Bertz CT molecular complexity index is 1060. The molecule has 1 heterocycles. The molecule has 0 atom stereocenters. The van der Waals surface area contributed by atoms with Gasteiger partial charge in [0.1, 0.15) is 12.4 Å². The number of rotatable bonds is 12. The minimum atomic E-state index is -4.42. The van der Waals surface area contributed by atoms with E-state index in [1.807, 2.05) is 13.8 Å². The van der Waals surface area contributed by atoms with Crippen LogP contribution < -0.4 is 21.9 Å². The zero-order valence-electron chi connectivity index (χ0n) is 19.4. The molecular weight excluding hydrogens is 453 g/mol. The first-order chi connectivity index (χ1) is 16.1. The Kier molecular flexibility index (Phi) is 9.91. The molecule has 1 amide bonds. The van der Waals surface area contributed by atoms with Gasteiger partial charge in [-0.05, 0) is 30.5 Å². The van der Waals surface area contributed by atoms with Crippen molar-refractivity contribution in [2.24, 2.45) is 0 Å². The molecule has 0 fully saturated rings. The first-order valence-corrected chi connectivity index (χ1v) is 11.3. The molecule has 3 N–H and O–H groups in total. The fraction of sp³-hybridized carbons (Fsp3) is 0.522. The van der Waals surface area contributed by atoms with E-state index < -0.39 is 29.9 Å². The number of benzene rings is 1. The van der Waals surface area contributed by atoms with Crippen LogP contribution in [-0.2, 0) is 17.9 Å². The van der Waals surface area contributed by atoms with Gasteiger partial charge in [0.25, 0.3) is 11.5 Å². The van der Waals surface area contributed by atoms with Crippen LogP contribution in [-0.4, -0.2) is 34.8 Å². The molecule has 1 aromatic carbocycles. The second-order valence-electron chi connectivity index (χ2n) is 7.97. The van der Waals surface area contributed by atoms with Crippen molar-refractivity contribution in [1.29, 1.82) is 0 Å². The number of carbonyl (C=O) groups excluding carboxylic acids is 1. The molecule has 0 saturated carbocycles. The third kappa shape index (κ3) is 7.47. The molecule has 34 heavy (non-hydrogen) atoms. The van der Waals surface area contributed by atoms with Gasteiger partial charge in [-0.15, -0.1) is 0 Å². The number of hydrogen-bond acceptors (Lipinski definition) is 5. The second kappa shape index (κ2) is 12.4. The van der Waals surface area contributed by atoms with E-state index in [2.05, 4.69) is 9.72 Å². The van der Waals surface area contributed by atoms with Crippen molar-refractivity contribution in [3.05, 3.63) is 56.2 Å². The third-order valence-electron chi connectivity index (χ3n) is 5.19. The van der Waals surface area contributed by atoms with Gasteiger partial charge in [-0.25, -0.2) is 4.79 Å². The van der Waals surface area contributed by atoms with Crippen LogP contribution in [0.15, 0.2) is 33.9 Å². The number of aromatic nitrogens is 2. The van der Waals surface area contributed by atoms with Crippen molar-refractivity contribution < 1.29 is 22.7 Å². The summed E-state index contributed by atoms with van der Waals surface area (Å²) in [4.78, 5) is 41.8. The molecule has 0 aliphatic heterocycles. The molecule has 11 heteroatoms. The first-order valence-electron chi connectivity index (χ1n) is 11.3. The standard InChI is InChI=1S/C23H31F3N4O4/c1-3-5-7-13-29(18-19(27)30(12-6-4-2)22(33)28-20(18)31)21(32)17-10-8-16(9-11-17)14-34-15-23(24,25)26/h8-11H,3-7,12-15,27H2,1-2H3,(H,28,31,33). The van der Waals surface area contributed by atoms with E-state index in [1.54, 1.807) is 0 Å². The lowest BCUT2D eigenvalue weighted by molar-refractivity contribution is -0.176. The van der Waals surface area contributed by atoms with Crippen LogP contribution in [0.25, 0.3) is 0 Å². The summed E-state index contributed by atoms with van der Waals surface area (Å²) in [5.41, 5.74) is 5.41. The first kappa shape index (κ1) is 27.2. The number of nitrogens with two attached hydrogens (primary N) is 1. The molecule has 0 unspecified atom stereocenters. The maximum Gasteiger partial charge on any atom is 0.411 e. The average molecular weight is 485 g/mol. The number of unbranched alkanes of at least 4 members (excludes halogenated alkanes) is 3. The summed E-state index contributed by atoms with van der Waals surface area (Å²) < 4.78 is 42.7. The minimum Gasteiger partial charge on any atom is -0.383 e. The van der Waals surface area contributed by atoms with E-state index in [4.69, 9.17) is 5.73 Å². The molecule has 1 aromatic heterocycles. The molecule has 0 spiro atoms. The van der Waals surface area contributed by atoms with E-state index in [0.717, 1.165) is 19.3 Å². The number of nitrogens with one attached hydrogen (secondary N) is 1. The molecular formula is C23H31F3N4O4. The van der Waals surface area contributed by atoms with Crippen molar-refractivity contribution in [3.8, 4) is 0 Å². The quantitative estimate of drug-likeness (QED) is 0.445. The molecule has 2 aromatic rings. The largest absolute Gasteiger partial charge is 0.411 e. The Morgan fingerprint density at radius 2 is 1.74 bits per heavy atom. The number of nitrogens with zero attached hydrogens (tertiary/aromatic N) is 2. The third-order valence-corrected chi connectivity index (χ3v) is 5.19. The highest BCUT2D eigenvalue weighted by molar-refractivity contribution is 6.07. The number of alkyl halides is 3. The Morgan fingerprint density at radius 3 is 2.32 bits per heavy atom. The molecule has 0 radical (unpaired) electrons. The highest BCUT2D eigenvalue weighted by atomic mass is 19.4. The van der Waals surface area contributed by atoms with E-state index in [9.17, 15) is 27.6 Å². The molecule has 8 nitrogen and oxygen atoms in total. The van der Waals surface area contributed by atoms with Crippen molar-refractivity contribution in [1.82, 2.24) is 9.55 Å². The summed E-state index contributed by atoms with van der Waals surface area (Å²) in [6.45, 7) is 2.83. The Labute approximate surface area is 195 Å². The van der Waals surface area contributed by atoms with E-state index >= 15 is 0 Å². The number of carbonyl (C=O) groups is 1. The summed E-state index contributed by atoms with van der Waals surface area (Å²) in [6.07, 6.45) is -0.646. The SMILES string of the molecule is CCCCCN(C(=O)c1ccc(COCC(F)(F)F)cc1)c1c(N)n(CCCC)c(=O)[nH]c1=O. The molecule has 0 aliphatic rings. The van der Waals surface area contributed by atoms with E-state index in [1.165, 1.54) is 33.7 Å². The number of H-pyrrole nitrogens is 1. The number of nitrogen functional groups attached to an aromatic ring is 1. The lowest BCUT2D eigenvalue weighted by Gasteiger charge is -2.25. The normalized spacial score (nSPS) is 11.6. The van der Waals surface area contributed by atoms with E-state index in [-0.39, 0.29) is 30.2 Å². The highest BCUT2D eigenvalue weighted by Crippen LogP contribution is 2.21. The Morgan fingerprint density at radius 1 is 1.09 bits per heavy atom. The zero-order chi connectivity index (χ0) is 25.3. The van der Waals surface area contributed by atoms with Crippen LogP contribution in [0.2, 0.25) is 0 Å². The van der Waals surface area contributed by atoms with Gasteiger partial charge < -0.3 is 15.4 Å². The highest BCUT2D eigenvalue weighted by Gasteiger charge is 2.27. The lowest BCUT2D eigenvalue weighted by Crippen LogP contribution is -2.41. The zero-order valence-corrected chi connectivity index (χ0v) is 19.4. The summed E-state index contributed by atoms with van der Waals surface area (Å²) >= 11 is 0. The summed E-state index contributed by atoms with van der Waals surface area (Å²) in [5.74, 6) is -0.582. The van der Waals surface area contributed by atoms with Gasteiger partial charge in [0.15, 0.2) is 5.69 Å². The van der Waals surface area contributed by atoms with Crippen molar-refractivity contribution in [2.45, 2.75) is 65.3 Å². The summed E-state index contributed by atoms with van der Waals surface area (Å²) in [6, 6.07) is 5.89. The predicted molar refractivity (Wildman–Crippen MR) is 124 cm³/mol. The number of ether oxygens (including phenoxy) is 1. The fourth-order valence-electron chi connectivity index (χ4n) is 3.40. The van der Waals surface area contributed by atoms with Gasteiger partial charge in [-0.1, -0.05) is 45.2 Å². The molecule has 0 bridgehead atoms. The van der Waals surface area contributed by atoms with Gasteiger partial charge in [0, 0.05) is 18.7 Å². The van der Waals surface area contributed by atoms with Gasteiger partial charge in [0.2, 0.25) is 0 Å². The molecule has 188 valence electrons. The number of aromatic amines is 1.